The normalized spacial score (nSPS) is 15.6. The van der Waals surface area contributed by atoms with Crippen molar-refractivity contribution >= 4 is 90.0 Å². The number of sulfone groups is 3. The summed E-state index contributed by atoms with van der Waals surface area (Å²) < 4.78 is 174. The Morgan fingerprint density at radius 1 is 0.488 bits per heavy atom. The number of rotatable bonds is 28. The van der Waals surface area contributed by atoms with Crippen LogP contribution in [0.1, 0.15) is 115 Å². The second-order valence-corrected chi connectivity index (χ2v) is 43.1. The molecule has 3 aliphatic rings. The summed E-state index contributed by atoms with van der Waals surface area (Å²) in [6.07, 6.45) is 13.6. The molecule has 13 rings (SSSR count). The maximum atomic E-state index is 12.0. The number of carboxylic acid groups (broad SMARTS) is 1. The number of ketones is 1. The van der Waals surface area contributed by atoms with Crippen LogP contribution >= 0.6 is 0 Å². The van der Waals surface area contributed by atoms with E-state index in [1.54, 1.807) is 0 Å². The maximum absolute atomic E-state index is 12.0. The number of para-hydroxylation sites is 1. The molecule has 2 bridgehead atoms. The van der Waals surface area contributed by atoms with Crippen LogP contribution < -0.4 is 5.11 Å². The number of alkyl halides is 6. The zero-order chi connectivity index (χ0) is 89.8. The summed E-state index contributed by atoms with van der Waals surface area (Å²) in [6.45, 7) is 11.0. The topological polar surface area (TPSA) is 273 Å². The summed E-state index contributed by atoms with van der Waals surface area (Å²) >= 11 is 0. The second kappa shape index (κ2) is 49.0. The van der Waals surface area contributed by atoms with Gasteiger partial charge >= 0.3 is 23.0 Å². The predicted octanol–water partition coefficient (Wildman–Crippen LogP) is 20.2. The van der Waals surface area contributed by atoms with Gasteiger partial charge in [-0.2, -0.15) is 34.8 Å². The molecule has 2 saturated carbocycles. The molecule has 2 unspecified atom stereocenters. The van der Waals surface area contributed by atoms with Gasteiger partial charge in [-0.05, 0) is 146 Å². The van der Waals surface area contributed by atoms with Crippen molar-refractivity contribution in [2.75, 3.05) is 51.5 Å². The smallest absolute Gasteiger partial charge is 0.470 e. The molecule has 0 radical (unpaired) electrons. The van der Waals surface area contributed by atoms with Gasteiger partial charge in [-0.25, -0.2) is 4.79 Å². The number of carbonyl (C=O) groups is 3. The van der Waals surface area contributed by atoms with Gasteiger partial charge in [0.25, 0.3) is 10.1 Å². The first-order chi connectivity index (χ1) is 58.4. The summed E-state index contributed by atoms with van der Waals surface area (Å²) in [5.74, 6) is -1.76. The average Bonchev–Trinajstić information content (AvgIpc) is 1.58. The largest absolute Gasteiger partial charge is 0.872 e. The van der Waals surface area contributed by atoms with Crippen LogP contribution in [-0.2, 0) is 91.4 Å². The van der Waals surface area contributed by atoms with Crippen molar-refractivity contribution in [1.82, 2.24) is 4.90 Å². The molecule has 3 fully saturated rings. The molecule has 2 atom stereocenters. The predicted molar refractivity (Wildman–Crippen MR) is 470 cm³/mol. The molecule has 30 heteroatoms. The number of carboxylic acids is 1. The molecule has 1 heterocycles. The third kappa shape index (κ3) is 30.9. The van der Waals surface area contributed by atoms with Crippen molar-refractivity contribution in [1.29, 1.82) is 0 Å². The number of carbonyl (C=O) groups excluding carboxylic acids is 2. The summed E-state index contributed by atoms with van der Waals surface area (Å²) in [6, 6.07) is 102. The number of nitrogens with zero attached hydrogens (tertiary/aromatic N) is 1. The molecule has 1 aliphatic heterocycles. The van der Waals surface area contributed by atoms with Crippen molar-refractivity contribution in [2.45, 2.75) is 159 Å². The number of unbranched alkanes of at least 4 members (excludes halogenated alkanes) is 8. The standard InChI is InChI=1S/C18H35NO3.3C18H15S.C10H16O4S.C7H6O3.C4H3F6O6S3/c1-2-3-4-5-6-7-8-9-10-11-18(20)22-17-14-19-12-15-21-16-13-19;3*1-4-10-16(11-5-1)19(17-12-6-2-7-13-17)18-14-8-3-9-15-18;1-9(2)7-3-4-10(9,8(11)5-7)6-15(12,13)14;8-6-4-2-1-3-5(6)7(9)10;1-17(11,12)2(18(13,14)3(5,6)7)19(15,16)4(8,9)10/h2-17H2,1H3;3*1-15H;7H,3-6H2,1-2H3,(H,12,13,14);1-4,8H,(H,9,10);1H3/q;3*+1;;;-1/p-1. The fraction of sp³-hybridized carbons (Fsp3) is 0.312. The minimum Gasteiger partial charge on any atom is -0.872 e. The number of Topliss-reactive ketones (excluding diaryl/α,β-unsaturated/α-hetero) is 1. The van der Waals surface area contributed by atoms with Gasteiger partial charge in [-0.15, -0.1) is 0 Å². The maximum Gasteiger partial charge on any atom is 0.470 e. The Morgan fingerprint density at radius 2 is 0.780 bits per heavy atom. The number of hydrogen-bond acceptors (Lipinski definition) is 15. The molecule has 2 N–H and O–H groups in total. The summed E-state index contributed by atoms with van der Waals surface area (Å²) in [5.41, 5.74) is -14.3. The molecule has 10 aromatic carbocycles. The van der Waals surface area contributed by atoms with E-state index in [1.807, 2.05) is 13.8 Å². The van der Waals surface area contributed by atoms with Crippen LogP contribution in [0.2, 0.25) is 0 Å². The van der Waals surface area contributed by atoms with E-state index in [0.717, 1.165) is 52.1 Å². The second-order valence-electron chi connectivity index (χ2n) is 29.1. The van der Waals surface area contributed by atoms with Crippen molar-refractivity contribution in [3.63, 3.8) is 0 Å². The molecule has 0 aromatic heterocycles. The van der Waals surface area contributed by atoms with E-state index in [9.17, 15) is 79.5 Å². The van der Waals surface area contributed by atoms with Gasteiger partial charge in [0.2, 0.25) is 0 Å². The van der Waals surface area contributed by atoms with Crippen LogP contribution in [0.5, 0.6) is 5.75 Å². The van der Waals surface area contributed by atoms with Crippen LogP contribution in [0, 0.1) is 20.7 Å². The first kappa shape index (κ1) is 101. The number of morpholine rings is 1. The van der Waals surface area contributed by atoms with Crippen molar-refractivity contribution < 1.29 is 98.6 Å². The van der Waals surface area contributed by atoms with E-state index in [0.29, 0.717) is 25.9 Å². The van der Waals surface area contributed by atoms with E-state index < -0.39 is 83.7 Å². The van der Waals surface area contributed by atoms with Gasteiger partial charge in [0.05, 0.1) is 76.4 Å². The number of hydrogen-bond donors (Lipinski definition) is 2. The number of halogens is 6. The number of ether oxygens (including phenoxy) is 2. The highest BCUT2D eigenvalue weighted by Gasteiger charge is 2.65. The number of fused-ring (bicyclic) bond motifs is 2. The van der Waals surface area contributed by atoms with Crippen molar-refractivity contribution in [2.24, 2.45) is 16.7 Å². The lowest BCUT2D eigenvalue weighted by atomic mass is 9.70. The minimum atomic E-state index is -7.22. The first-order valence-corrected chi connectivity index (χ1v) is 49.9. The Kier molecular flexibility index (Phi) is 40.2. The van der Waals surface area contributed by atoms with E-state index in [2.05, 4.69) is 285 Å². The average molecular weight is 1830 g/mol. The third-order valence-electron chi connectivity index (χ3n) is 20.1. The Balaban J connectivity index is 0.000000199. The summed E-state index contributed by atoms with van der Waals surface area (Å²) in [7, 11) is -24.4. The van der Waals surface area contributed by atoms with Gasteiger partial charge in [0, 0.05) is 38.7 Å². The van der Waals surface area contributed by atoms with E-state index >= 15 is 0 Å². The highest BCUT2D eigenvalue weighted by atomic mass is 32.3. The molecular weight excluding hydrogens is 1730 g/mol. The van der Waals surface area contributed by atoms with Gasteiger partial charge in [0.15, 0.2) is 63.7 Å². The molecule has 660 valence electrons. The highest BCUT2D eigenvalue weighted by molar-refractivity contribution is 8.29. The van der Waals surface area contributed by atoms with Crippen LogP contribution in [0.3, 0.4) is 0 Å². The van der Waals surface area contributed by atoms with Crippen LogP contribution in [0.15, 0.2) is 341 Å². The molecule has 1 saturated heterocycles. The molecule has 0 spiro atoms. The number of benzene rings is 10. The van der Waals surface area contributed by atoms with E-state index in [4.69, 9.17) is 19.1 Å². The molecule has 10 aromatic rings. The first-order valence-electron chi connectivity index (χ1n) is 39.8. The Labute approximate surface area is 728 Å². The van der Waals surface area contributed by atoms with Gasteiger partial charge in [-0.1, -0.05) is 260 Å². The number of esters is 1. The van der Waals surface area contributed by atoms with Gasteiger partial charge in [-0.3, -0.25) is 44.3 Å². The van der Waals surface area contributed by atoms with Crippen molar-refractivity contribution in [3.05, 3.63) is 307 Å². The molecule has 17 nitrogen and oxygen atoms in total. The Hall–Kier alpha value is -9.08. The Morgan fingerprint density at radius 3 is 1.02 bits per heavy atom. The van der Waals surface area contributed by atoms with Crippen molar-refractivity contribution in [3.8, 4) is 5.75 Å². The lowest BCUT2D eigenvalue weighted by Crippen LogP contribution is -2.42. The monoisotopic (exact) mass is 1830 g/mol. The third-order valence-corrected chi connectivity index (χ3v) is 34.8. The Bertz CT molecular complexity index is 4690. The quantitative estimate of drug-likeness (QED) is 0.0115. The summed E-state index contributed by atoms with van der Waals surface area (Å²) in [5, 5.41) is 19.0. The van der Waals surface area contributed by atoms with Crippen LogP contribution in [-0.4, -0.2) is 128 Å². The molecule has 0 amide bonds. The molecular formula is C93H104F6NO16S7+. The van der Waals surface area contributed by atoms with Gasteiger partial charge in [0.1, 0.15) is 12.4 Å². The van der Waals surface area contributed by atoms with Gasteiger partial charge < -0.3 is 19.7 Å². The molecule has 123 heavy (non-hydrogen) atoms. The van der Waals surface area contributed by atoms with E-state index in [1.165, 1.54) is 113 Å². The lowest BCUT2D eigenvalue weighted by Gasteiger charge is -2.35. The highest BCUT2D eigenvalue weighted by Crippen LogP contribution is 2.64. The van der Waals surface area contributed by atoms with E-state index in [-0.39, 0.29) is 61.3 Å². The zero-order valence-electron chi connectivity index (χ0n) is 68.7. The van der Waals surface area contributed by atoms with Crippen LogP contribution in [0.4, 0.5) is 26.3 Å². The fourth-order valence-electron chi connectivity index (χ4n) is 13.8. The fourth-order valence-corrected chi connectivity index (χ4v) is 27.3. The zero-order valence-corrected chi connectivity index (χ0v) is 74.4. The summed E-state index contributed by atoms with van der Waals surface area (Å²) in [4.78, 5) is 48.3. The number of aromatic carboxylic acids is 1. The van der Waals surface area contributed by atoms with Crippen LogP contribution in [0.25, 0.3) is 0 Å². The molecule has 2 aliphatic carbocycles. The minimum absolute atomic E-state index is 0.0146. The lowest BCUT2D eigenvalue weighted by molar-refractivity contribution is -0.268. The SMILES string of the molecule is CC1(C)C2CCC1(CS(=O)(=O)O)C(=O)C2.CCCCCCCCCCCC(=O)OCCN1CCOCC1.CS(=O)(=O)[C-](S(=O)(=O)C(F)(F)F)S(=O)(=O)C(F)(F)F.O=C(O)c1ccccc1[O-].c1ccc([S+](c2ccccc2)c2ccccc2)cc1.c1ccc([S+](c2ccccc2)c2ccccc2)cc1.c1ccc([S+](c2ccccc2)c2ccccc2)cc1.